The number of hydrogen-bond acceptors (Lipinski definition) is 3. The van der Waals surface area contributed by atoms with Gasteiger partial charge in [-0.15, -0.1) is 0 Å². The molecule has 0 aliphatic heterocycles. The SMILES string of the molecule is O=C(O)c1nn(CC(F)(F)F)c2cnccc12. The number of rotatable bonds is 2. The summed E-state index contributed by atoms with van der Waals surface area (Å²) in [5.41, 5.74) is -0.367. The van der Waals surface area contributed by atoms with Gasteiger partial charge in [0, 0.05) is 11.6 Å². The minimum atomic E-state index is -4.47. The van der Waals surface area contributed by atoms with E-state index in [4.69, 9.17) is 5.11 Å². The normalized spacial score (nSPS) is 11.9. The minimum Gasteiger partial charge on any atom is -0.476 e. The number of fused-ring (bicyclic) bond motifs is 1. The molecule has 0 spiro atoms. The second kappa shape index (κ2) is 3.72. The van der Waals surface area contributed by atoms with Crippen LogP contribution in [0.5, 0.6) is 0 Å². The highest BCUT2D eigenvalue weighted by Crippen LogP contribution is 2.22. The summed E-state index contributed by atoms with van der Waals surface area (Å²) in [5, 5.41) is 12.4. The van der Waals surface area contributed by atoms with Crippen molar-refractivity contribution in [1.82, 2.24) is 14.8 Å². The zero-order valence-corrected chi connectivity index (χ0v) is 8.27. The van der Waals surface area contributed by atoms with Crippen molar-refractivity contribution in [1.29, 1.82) is 0 Å². The van der Waals surface area contributed by atoms with E-state index in [1.807, 2.05) is 0 Å². The van der Waals surface area contributed by atoms with Crippen LogP contribution in [0.15, 0.2) is 18.5 Å². The summed E-state index contributed by atoms with van der Waals surface area (Å²) in [7, 11) is 0. The number of carboxylic acids is 1. The van der Waals surface area contributed by atoms with E-state index in [0.717, 1.165) is 6.20 Å². The van der Waals surface area contributed by atoms with E-state index in [9.17, 15) is 18.0 Å². The maximum absolute atomic E-state index is 12.3. The van der Waals surface area contributed by atoms with Crippen LogP contribution in [-0.2, 0) is 6.54 Å². The standard InChI is InChI=1S/C9H6F3N3O2/c10-9(11,12)4-15-6-3-13-2-1-5(6)7(14-15)8(16)17/h1-3H,4H2,(H,16,17). The summed E-state index contributed by atoms with van der Waals surface area (Å²) < 4.78 is 37.3. The summed E-state index contributed by atoms with van der Waals surface area (Å²) in [6.45, 7) is -1.34. The van der Waals surface area contributed by atoms with E-state index in [-0.39, 0.29) is 10.9 Å². The van der Waals surface area contributed by atoms with Crippen LogP contribution in [0.2, 0.25) is 0 Å². The number of carboxylic acid groups (broad SMARTS) is 1. The second-order valence-electron chi connectivity index (χ2n) is 3.32. The topological polar surface area (TPSA) is 68.0 Å². The first-order valence-electron chi connectivity index (χ1n) is 4.49. The molecule has 1 N–H and O–H groups in total. The Kier molecular flexibility index (Phi) is 2.49. The molecule has 0 radical (unpaired) electrons. The number of hydrogen-bond donors (Lipinski definition) is 1. The van der Waals surface area contributed by atoms with Crippen LogP contribution in [-0.4, -0.2) is 32.0 Å². The van der Waals surface area contributed by atoms with Crippen molar-refractivity contribution in [3.05, 3.63) is 24.2 Å². The van der Waals surface area contributed by atoms with E-state index >= 15 is 0 Å². The molecule has 0 bridgehead atoms. The predicted molar refractivity (Wildman–Crippen MR) is 50.5 cm³/mol. The number of alkyl halides is 3. The van der Waals surface area contributed by atoms with Crippen LogP contribution in [0.25, 0.3) is 10.9 Å². The summed E-state index contributed by atoms with van der Waals surface area (Å²) in [6.07, 6.45) is -2.01. The van der Waals surface area contributed by atoms with Crippen molar-refractivity contribution in [2.24, 2.45) is 0 Å². The summed E-state index contributed by atoms with van der Waals surface area (Å²) in [6, 6.07) is 1.32. The van der Waals surface area contributed by atoms with Gasteiger partial charge in [0.15, 0.2) is 5.69 Å². The van der Waals surface area contributed by atoms with Gasteiger partial charge in [0.1, 0.15) is 6.54 Å². The van der Waals surface area contributed by atoms with Gasteiger partial charge < -0.3 is 5.11 Å². The van der Waals surface area contributed by atoms with Gasteiger partial charge in [0.25, 0.3) is 0 Å². The van der Waals surface area contributed by atoms with Crippen molar-refractivity contribution in [3.8, 4) is 0 Å². The van der Waals surface area contributed by atoms with Crippen LogP contribution in [0.3, 0.4) is 0 Å². The highest BCUT2D eigenvalue weighted by atomic mass is 19.4. The Balaban J connectivity index is 2.61. The third-order valence-corrected chi connectivity index (χ3v) is 2.09. The van der Waals surface area contributed by atoms with Gasteiger partial charge in [0.2, 0.25) is 0 Å². The second-order valence-corrected chi connectivity index (χ2v) is 3.32. The number of carbonyl (C=O) groups is 1. The number of pyridine rings is 1. The van der Waals surface area contributed by atoms with Gasteiger partial charge in [-0.1, -0.05) is 0 Å². The molecule has 2 aromatic heterocycles. The maximum Gasteiger partial charge on any atom is 0.408 e. The lowest BCUT2D eigenvalue weighted by molar-refractivity contribution is -0.141. The molecule has 0 amide bonds. The van der Waals surface area contributed by atoms with Crippen molar-refractivity contribution in [2.75, 3.05) is 0 Å². The number of nitrogens with zero attached hydrogens (tertiary/aromatic N) is 3. The van der Waals surface area contributed by atoms with Crippen LogP contribution in [0.4, 0.5) is 13.2 Å². The molecule has 0 aromatic carbocycles. The minimum absolute atomic E-state index is 0.0437. The molecule has 90 valence electrons. The summed E-state index contributed by atoms with van der Waals surface area (Å²) in [5.74, 6) is -1.37. The average Bonchev–Trinajstić information content (AvgIpc) is 2.55. The quantitative estimate of drug-likeness (QED) is 0.874. The van der Waals surface area contributed by atoms with Gasteiger partial charge in [-0.05, 0) is 6.07 Å². The van der Waals surface area contributed by atoms with Crippen molar-refractivity contribution >= 4 is 16.9 Å². The molecular formula is C9H6F3N3O2. The zero-order valence-electron chi connectivity index (χ0n) is 8.27. The highest BCUT2D eigenvalue weighted by molar-refractivity contribution is 6.00. The molecule has 0 fully saturated rings. The third-order valence-electron chi connectivity index (χ3n) is 2.09. The zero-order chi connectivity index (χ0) is 12.6. The Labute approximate surface area is 92.5 Å². The van der Waals surface area contributed by atoms with Crippen molar-refractivity contribution in [3.63, 3.8) is 0 Å². The van der Waals surface area contributed by atoms with E-state index in [2.05, 4.69) is 10.1 Å². The Morgan fingerprint density at radius 2 is 2.18 bits per heavy atom. The van der Waals surface area contributed by atoms with E-state index in [1.54, 1.807) is 0 Å². The van der Waals surface area contributed by atoms with Gasteiger partial charge in [-0.3, -0.25) is 9.67 Å². The predicted octanol–water partition coefficient (Wildman–Crippen LogP) is 1.69. The van der Waals surface area contributed by atoms with Crippen LogP contribution >= 0.6 is 0 Å². The molecule has 0 unspecified atom stereocenters. The fourth-order valence-corrected chi connectivity index (χ4v) is 1.47. The third kappa shape index (κ3) is 2.19. The average molecular weight is 245 g/mol. The van der Waals surface area contributed by atoms with Gasteiger partial charge in [-0.2, -0.15) is 18.3 Å². The van der Waals surface area contributed by atoms with Crippen LogP contribution in [0.1, 0.15) is 10.5 Å². The Hall–Kier alpha value is -2.12. The smallest absolute Gasteiger partial charge is 0.408 e. The molecule has 8 heteroatoms. The summed E-state index contributed by atoms with van der Waals surface area (Å²) >= 11 is 0. The molecule has 2 aromatic rings. The van der Waals surface area contributed by atoms with Crippen LogP contribution < -0.4 is 0 Å². The Morgan fingerprint density at radius 1 is 1.47 bits per heavy atom. The van der Waals surface area contributed by atoms with Crippen molar-refractivity contribution < 1.29 is 23.1 Å². The maximum atomic E-state index is 12.3. The lowest BCUT2D eigenvalue weighted by atomic mass is 10.2. The number of aromatic carboxylic acids is 1. The molecule has 0 saturated carbocycles. The molecule has 17 heavy (non-hydrogen) atoms. The number of halogens is 3. The molecular weight excluding hydrogens is 239 g/mol. The first-order valence-corrected chi connectivity index (χ1v) is 4.49. The van der Waals surface area contributed by atoms with E-state index in [1.165, 1.54) is 12.3 Å². The lowest BCUT2D eigenvalue weighted by Crippen LogP contribution is -2.19. The van der Waals surface area contributed by atoms with Crippen molar-refractivity contribution in [2.45, 2.75) is 12.7 Å². The lowest BCUT2D eigenvalue weighted by Gasteiger charge is -2.06. The highest BCUT2D eigenvalue weighted by Gasteiger charge is 2.30. The first kappa shape index (κ1) is 11.4. The van der Waals surface area contributed by atoms with Crippen LogP contribution in [0, 0.1) is 0 Å². The Morgan fingerprint density at radius 3 is 2.76 bits per heavy atom. The van der Waals surface area contributed by atoms with Gasteiger partial charge >= 0.3 is 12.1 Å². The fourth-order valence-electron chi connectivity index (χ4n) is 1.47. The molecule has 2 rings (SSSR count). The molecule has 0 saturated heterocycles. The molecule has 0 atom stereocenters. The monoisotopic (exact) mass is 245 g/mol. The Bertz CT molecular complexity index is 576. The largest absolute Gasteiger partial charge is 0.476 e. The van der Waals surface area contributed by atoms with E-state index in [0.29, 0.717) is 4.68 Å². The number of aromatic nitrogens is 3. The molecule has 0 aliphatic rings. The molecule has 2 heterocycles. The molecule has 5 nitrogen and oxygen atoms in total. The first-order chi connectivity index (χ1) is 7.88. The fraction of sp³-hybridized carbons (Fsp3) is 0.222. The van der Waals surface area contributed by atoms with Gasteiger partial charge in [0.05, 0.1) is 11.7 Å². The summed E-state index contributed by atoms with van der Waals surface area (Å²) in [4.78, 5) is 14.5. The molecule has 0 aliphatic carbocycles. The van der Waals surface area contributed by atoms with E-state index < -0.39 is 24.4 Å². The van der Waals surface area contributed by atoms with Gasteiger partial charge in [-0.25, -0.2) is 4.79 Å².